The van der Waals surface area contributed by atoms with Crippen LogP contribution in [0.2, 0.25) is 0 Å². The summed E-state index contributed by atoms with van der Waals surface area (Å²) in [5.41, 5.74) is 2.05. The van der Waals surface area contributed by atoms with Gasteiger partial charge in [-0.15, -0.1) is 10.2 Å². The Labute approximate surface area is 160 Å². The number of nitrogens with one attached hydrogen (secondary N) is 2. The molecule has 3 aromatic rings. The van der Waals surface area contributed by atoms with Crippen LogP contribution in [0.4, 0.5) is 10.8 Å². The number of benzene rings is 1. The first kappa shape index (κ1) is 18.5. The summed E-state index contributed by atoms with van der Waals surface area (Å²) >= 11 is 2.81. The monoisotopic (exact) mass is 388 g/mol. The van der Waals surface area contributed by atoms with Crippen LogP contribution in [0.15, 0.2) is 51.4 Å². The van der Waals surface area contributed by atoms with Gasteiger partial charge in [0.05, 0.1) is 18.1 Å². The lowest BCUT2D eigenvalue weighted by Gasteiger charge is -2.10. The van der Waals surface area contributed by atoms with Crippen LogP contribution in [0.1, 0.15) is 25.2 Å². The lowest BCUT2D eigenvalue weighted by atomic mass is 10.1. The summed E-state index contributed by atoms with van der Waals surface area (Å²) in [6.45, 7) is 4.51. The third kappa shape index (κ3) is 5.09. The molecule has 0 spiro atoms. The first-order chi connectivity index (χ1) is 12.6. The predicted molar refractivity (Wildman–Crippen MR) is 106 cm³/mol. The van der Waals surface area contributed by atoms with E-state index in [1.165, 1.54) is 28.7 Å². The maximum absolute atomic E-state index is 12.4. The van der Waals surface area contributed by atoms with Crippen molar-refractivity contribution in [1.82, 2.24) is 10.2 Å². The summed E-state index contributed by atoms with van der Waals surface area (Å²) in [7, 11) is 0. The van der Waals surface area contributed by atoms with Crippen LogP contribution < -0.4 is 10.6 Å². The number of carbonyl (C=O) groups is 1. The van der Waals surface area contributed by atoms with E-state index >= 15 is 0 Å². The van der Waals surface area contributed by atoms with E-state index in [9.17, 15) is 4.79 Å². The lowest BCUT2D eigenvalue weighted by Crippen LogP contribution is -2.22. The van der Waals surface area contributed by atoms with Crippen LogP contribution >= 0.6 is 23.1 Å². The zero-order valence-corrected chi connectivity index (χ0v) is 16.2. The smallest absolute Gasteiger partial charge is 0.237 e. The first-order valence-electron chi connectivity index (χ1n) is 8.30. The van der Waals surface area contributed by atoms with Crippen LogP contribution in [0.25, 0.3) is 0 Å². The highest BCUT2D eigenvalue weighted by atomic mass is 32.2. The van der Waals surface area contributed by atoms with Crippen molar-refractivity contribution in [3.05, 3.63) is 54.0 Å². The number of amides is 1. The fraction of sp³-hybridized carbons (Fsp3) is 0.278. The molecule has 136 valence electrons. The highest BCUT2D eigenvalue weighted by Crippen LogP contribution is 2.29. The van der Waals surface area contributed by atoms with Crippen LogP contribution in [0.5, 0.6) is 0 Å². The number of furan rings is 1. The molecule has 2 heterocycles. The molecule has 1 aromatic carbocycles. The van der Waals surface area contributed by atoms with Crippen molar-refractivity contribution in [3.8, 4) is 0 Å². The summed E-state index contributed by atoms with van der Waals surface area (Å²) in [5, 5.41) is 14.7. The van der Waals surface area contributed by atoms with Crippen molar-refractivity contribution in [3.63, 3.8) is 0 Å². The molecule has 8 heteroatoms. The molecule has 6 nitrogen and oxygen atoms in total. The Morgan fingerprint density at radius 3 is 2.77 bits per heavy atom. The molecular weight excluding hydrogens is 368 g/mol. The quantitative estimate of drug-likeness (QED) is 0.556. The van der Waals surface area contributed by atoms with Gasteiger partial charge in [-0.2, -0.15) is 0 Å². The number of aryl methyl sites for hydroxylation is 1. The molecule has 0 aliphatic carbocycles. The van der Waals surface area contributed by atoms with Crippen molar-refractivity contribution in [1.29, 1.82) is 0 Å². The van der Waals surface area contributed by atoms with E-state index in [1.807, 2.05) is 43.3 Å². The molecule has 0 bridgehead atoms. The van der Waals surface area contributed by atoms with Gasteiger partial charge in [0, 0.05) is 5.69 Å². The summed E-state index contributed by atoms with van der Waals surface area (Å²) in [5.74, 6) is 0.774. The van der Waals surface area contributed by atoms with E-state index in [-0.39, 0.29) is 11.2 Å². The molecule has 0 saturated carbocycles. The van der Waals surface area contributed by atoms with E-state index < -0.39 is 0 Å². The number of thioether (sulfide) groups is 1. The highest BCUT2D eigenvalue weighted by Gasteiger charge is 2.17. The molecule has 0 aliphatic rings. The minimum Gasteiger partial charge on any atom is -0.467 e. The molecule has 0 fully saturated rings. The summed E-state index contributed by atoms with van der Waals surface area (Å²) in [6.07, 6.45) is 2.61. The number of nitrogens with zero attached hydrogens (tertiary/aromatic N) is 2. The van der Waals surface area contributed by atoms with Gasteiger partial charge in [-0.25, -0.2) is 0 Å². The van der Waals surface area contributed by atoms with Gasteiger partial charge in [-0.3, -0.25) is 4.79 Å². The Bertz CT molecular complexity index is 831. The number of rotatable bonds is 8. The number of hydrogen-bond donors (Lipinski definition) is 2. The molecule has 3 rings (SSSR count). The fourth-order valence-corrected chi connectivity index (χ4v) is 4.07. The van der Waals surface area contributed by atoms with E-state index in [1.54, 1.807) is 6.26 Å². The first-order valence-corrected chi connectivity index (χ1v) is 10.00. The number of aromatic nitrogens is 2. The largest absolute Gasteiger partial charge is 0.467 e. The lowest BCUT2D eigenvalue weighted by molar-refractivity contribution is -0.115. The SMILES string of the molecule is CCc1ccc(NC(=O)C(C)Sc2nnc(NCc3ccco3)s2)cc1. The predicted octanol–water partition coefficient (Wildman–Crippen LogP) is 4.42. The number of hydrogen-bond acceptors (Lipinski definition) is 7. The molecule has 1 atom stereocenters. The maximum atomic E-state index is 12.4. The number of anilines is 2. The van der Waals surface area contributed by atoms with Gasteiger partial charge in [0.1, 0.15) is 5.76 Å². The second kappa shape index (κ2) is 8.86. The van der Waals surface area contributed by atoms with E-state index in [0.29, 0.717) is 11.7 Å². The van der Waals surface area contributed by atoms with Gasteiger partial charge >= 0.3 is 0 Å². The Morgan fingerprint density at radius 2 is 2.08 bits per heavy atom. The van der Waals surface area contributed by atoms with Gasteiger partial charge in [-0.1, -0.05) is 42.2 Å². The Balaban J connectivity index is 1.50. The minimum absolute atomic E-state index is 0.0560. The van der Waals surface area contributed by atoms with E-state index in [0.717, 1.165) is 22.2 Å². The third-order valence-corrected chi connectivity index (χ3v) is 5.74. The Hall–Kier alpha value is -2.32. The van der Waals surface area contributed by atoms with Gasteiger partial charge in [0.25, 0.3) is 0 Å². The average Bonchev–Trinajstić information content (AvgIpc) is 3.32. The van der Waals surface area contributed by atoms with Crippen molar-refractivity contribution < 1.29 is 9.21 Å². The molecule has 1 unspecified atom stereocenters. The van der Waals surface area contributed by atoms with Crippen LogP contribution in [0.3, 0.4) is 0 Å². The van der Waals surface area contributed by atoms with Crippen molar-refractivity contribution in [2.24, 2.45) is 0 Å². The zero-order valence-electron chi connectivity index (χ0n) is 14.6. The fourth-order valence-electron chi connectivity index (χ4n) is 2.18. The topological polar surface area (TPSA) is 80.0 Å². The normalized spacial score (nSPS) is 11.9. The molecule has 2 N–H and O–H groups in total. The Morgan fingerprint density at radius 1 is 1.27 bits per heavy atom. The van der Waals surface area contributed by atoms with Gasteiger partial charge in [0.15, 0.2) is 4.34 Å². The van der Waals surface area contributed by atoms with Crippen LogP contribution in [-0.4, -0.2) is 21.4 Å². The molecule has 2 aromatic heterocycles. The maximum Gasteiger partial charge on any atom is 0.237 e. The molecule has 0 radical (unpaired) electrons. The van der Waals surface area contributed by atoms with Crippen molar-refractivity contribution >= 4 is 39.8 Å². The summed E-state index contributed by atoms with van der Waals surface area (Å²) in [4.78, 5) is 12.4. The van der Waals surface area contributed by atoms with E-state index in [2.05, 4.69) is 27.8 Å². The van der Waals surface area contributed by atoms with Crippen LogP contribution in [-0.2, 0) is 17.8 Å². The highest BCUT2D eigenvalue weighted by molar-refractivity contribution is 8.02. The molecular formula is C18H20N4O2S2. The average molecular weight is 389 g/mol. The molecule has 26 heavy (non-hydrogen) atoms. The molecule has 0 aliphatic heterocycles. The van der Waals surface area contributed by atoms with Gasteiger partial charge < -0.3 is 15.1 Å². The summed E-state index contributed by atoms with van der Waals surface area (Å²) in [6, 6.07) is 11.6. The van der Waals surface area contributed by atoms with E-state index in [4.69, 9.17) is 4.42 Å². The zero-order chi connectivity index (χ0) is 18.4. The second-order valence-electron chi connectivity index (χ2n) is 5.61. The van der Waals surface area contributed by atoms with Crippen molar-refractivity contribution in [2.75, 3.05) is 10.6 Å². The molecule has 1 amide bonds. The summed E-state index contributed by atoms with van der Waals surface area (Å²) < 4.78 is 6.01. The van der Waals surface area contributed by atoms with Gasteiger partial charge in [-0.05, 0) is 43.2 Å². The van der Waals surface area contributed by atoms with Crippen LogP contribution in [0, 0.1) is 0 Å². The number of carbonyl (C=O) groups excluding carboxylic acids is 1. The molecule has 0 saturated heterocycles. The standard InChI is InChI=1S/C18H20N4O2S2/c1-3-13-6-8-14(9-7-13)20-16(23)12(2)25-18-22-21-17(26-18)19-11-15-5-4-10-24-15/h4-10,12H,3,11H2,1-2H3,(H,19,21)(H,20,23). The minimum atomic E-state index is -0.272. The Kier molecular flexibility index (Phi) is 6.30. The van der Waals surface area contributed by atoms with Gasteiger partial charge in [0.2, 0.25) is 11.0 Å². The third-order valence-electron chi connectivity index (χ3n) is 3.68. The second-order valence-corrected chi connectivity index (χ2v) is 8.17. The van der Waals surface area contributed by atoms with Crippen molar-refractivity contribution in [2.45, 2.75) is 36.4 Å².